The number of hydrogen-bond donors (Lipinski definition) is 4. The highest BCUT2D eigenvalue weighted by Gasteiger charge is 2.45. The Kier molecular flexibility index (Phi) is 22.1. The van der Waals surface area contributed by atoms with Crippen LogP contribution in [0.2, 0.25) is 0 Å². The smallest absolute Gasteiger partial charge is 0.248 e. The minimum Gasteiger partial charge on any atom is -0.498 e. The molecule has 0 aromatic heterocycles. The molecule has 5 aromatic rings. The molecule has 1 aliphatic carbocycles. The molecule has 5 aromatic carbocycles. The summed E-state index contributed by atoms with van der Waals surface area (Å²) in [6, 6.07) is 32.3. The predicted molar refractivity (Wildman–Crippen MR) is 336 cm³/mol. The van der Waals surface area contributed by atoms with Gasteiger partial charge in [-0.15, -0.1) is 23.5 Å². The van der Waals surface area contributed by atoms with Crippen molar-refractivity contribution < 1.29 is 57.2 Å². The number of allylic oxidation sites excluding steroid dienone is 1. The van der Waals surface area contributed by atoms with E-state index in [2.05, 4.69) is 16.7 Å². The van der Waals surface area contributed by atoms with Crippen molar-refractivity contribution in [1.29, 1.82) is 0 Å². The van der Waals surface area contributed by atoms with E-state index in [1.165, 1.54) is 23.5 Å². The highest BCUT2D eigenvalue weighted by atomic mass is 32.2. The molecule has 8 rings (SSSR count). The van der Waals surface area contributed by atoms with E-state index in [1.807, 2.05) is 119 Å². The Hall–Kier alpha value is -8.20. The average Bonchev–Trinajstić information content (AvgIpc) is 2.53. The Bertz CT molecular complexity index is 3350. The van der Waals surface area contributed by atoms with Crippen LogP contribution in [0.4, 0.5) is 11.4 Å². The first kappa shape index (κ1) is 63.8. The molecule has 0 bridgehead atoms. The van der Waals surface area contributed by atoms with Gasteiger partial charge in [0.25, 0.3) is 0 Å². The second kappa shape index (κ2) is 29.7. The Morgan fingerprint density at radius 1 is 0.698 bits per heavy atom. The molecule has 0 saturated carbocycles. The minimum atomic E-state index is -0.739. The number of hydrogen-bond acceptors (Lipinski definition) is 14. The van der Waals surface area contributed by atoms with E-state index in [-0.39, 0.29) is 60.1 Å². The predicted octanol–water partition coefficient (Wildman–Crippen LogP) is 10.0. The van der Waals surface area contributed by atoms with Gasteiger partial charge in [0.1, 0.15) is 33.6 Å². The molecule has 3 aliphatic rings. The van der Waals surface area contributed by atoms with Gasteiger partial charge >= 0.3 is 0 Å². The molecule has 2 saturated heterocycles. The van der Waals surface area contributed by atoms with Crippen LogP contribution >= 0.6 is 23.5 Å². The largest absolute Gasteiger partial charge is 0.498 e. The first-order chi connectivity index (χ1) is 41.4. The zero-order chi connectivity index (χ0) is 61.5. The van der Waals surface area contributed by atoms with Crippen LogP contribution < -0.4 is 50.8 Å². The lowest BCUT2D eigenvalue weighted by molar-refractivity contribution is -0.124. The van der Waals surface area contributed by atoms with Gasteiger partial charge in [-0.2, -0.15) is 0 Å². The number of carbonyl (C=O) groups is 6. The molecule has 2 fully saturated rings. The van der Waals surface area contributed by atoms with Crippen molar-refractivity contribution in [3.63, 3.8) is 0 Å². The number of benzene rings is 5. The summed E-state index contributed by atoms with van der Waals surface area (Å²) < 4.78 is 34.5. The van der Waals surface area contributed by atoms with Crippen LogP contribution in [0.1, 0.15) is 114 Å². The summed E-state index contributed by atoms with van der Waals surface area (Å²) in [5, 5.41) is 3.42. The van der Waals surface area contributed by atoms with Crippen LogP contribution in [0.15, 0.2) is 139 Å². The summed E-state index contributed by atoms with van der Waals surface area (Å²) in [6.45, 7) is 9.88. The highest BCUT2D eigenvalue weighted by molar-refractivity contribution is 8.01. The van der Waals surface area contributed by atoms with Crippen LogP contribution in [0.3, 0.4) is 0 Å². The number of rotatable bonds is 29. The number of ether oxygens (including phenoxy) is 6. The number of nitrogens with zero attached hydrogens (tertiary/aromatic N) is 2. The van der Waals surface area contributed by atoms with Crippen LogP contribution in [0.25, 0.3) is 6.08 Å². The molecular weight excluding hydrogens is 1130 g/mol. The first-order valence-electron chi connectivity index (χ1n) is 28.7. The Morgan fingerprint density at radius 3 is 1.88 bits per heavy atom. The Morgan fingerprint density at radius 2 is 1.30 bits per heavy atom. The molecular formula is C66H76N6O12S2. The van der Waals surface area contributed by atoms with E-state index in [1.54, 1.807) is 67.5 Å². The molecule has 0 spiro atoms. The summed E-state index contributed by atoms with van der Waals surface area (Å²) in [4.78, 5) is 84.3. The van der Waals surface area contributed by atoms with Gasteiger partial charge in [0.15, 0.2) is 11.5 Å². The quantitative estimate of drug-likeness (QED) is 0.0348. The molecule has 2 aliphatic heterocycles. The number of primary amides is 2. The van der Waals surface area contributed by atoms with Gasteiger partial charge < -0.3 is 50.5 Å². The fraction of sp³-hybridized carbons (Fsp3) is 0.364. The SMILES string of the molecule is CCCOc1ccc([C@@H]2SC(CC(=O)NCCc3ccc(OC)c(OCC)c3)C(=O)N2c2cc(/C=C/C(C)COc3ccc(C4SC(CC(=O)NCCC5=CCC(C)(OC)C(OC)=C5)C(=O)N4c4cccc(C(N)=O)c4)cc3)cc(C(N)=O)c2)cc1. The van der Waals surface area contributed by atoms with Gasteiger partial charge in [-0.3, -0.25) is 38.6 Å². The number of anilines is 2. The Labute approximate surface area is 511 Å². The van der Waals surface area contributed by atoms with Crippen LogP contribution in [-0.2, 0) is 35.1 Å². The van der Waals surface area contributed by atoms with E-state index in [0.29, 0.717) is 91.3 Å². The van der Waals surface area contributed by atoms with E-state index in [4.69, 9.17) is 39.9 Å². The third-order valence-electron chi connectivity index (χ3n) is 14.9. The molecule has 5 unspecified atom stereocenters. The van der Waals surface area contributed by atoms with E-state index < -0.39 is 38.7 Å². The second-order valence-corrected chi connectivity index (χ2v) is 23.8. The maximum Gasteiger partial charge on any atom is 0.248 e. The van der Waals surface area contributed by atoms with Gasteiger partial charge in [-0.1, -0.05) is 68.5 Å². The molecule has 6 N–H and O–H groups in total. The van der Waals surface area contributed by atoms with Gasteiger partial charge in [0, 0.05) is 67.9 Å². The second-order valence-electron chi connectivity index (χ2n) is 21.3. The van der Waals surface area contributed by atoms with Crippen molar-refractivity contribution in [1.82, 2.24) is 10.6 Å². The van der Waals surface area contributed by atoms with E-state index >= 15 is 0 Å². The molecule has 6 atom stereocenters. The summed E-state index contributed by atoms with van der Waals surface area (Å²) >= 11 is 2.72. The van der Waals surface area contributed by atoms with Crippen molar-refractivity contribution in [2.75, 3.05) is 64.0 Å². The molecule has 86 heavy (non-hydrogen) atoms. The number of carbonyl (C=O) groups excluding carboxylic acids is 6. The average molecular weight is 1210 g/mol. The van der Waals surface area contributed by atoms with Crippen molar-refractivity contribution in [2.45, 2.75) is 93.1 Å². The van der Waals surface area contributed by atoms with Gasteiger partial charge in [-0.05, 0) is 140 Å². The molecule has 18 nitrogen and oxygen atoms in total. The Balaban J connectivity index is 0.930. The van der Waals surface area contributed by atoms with Crippen molar-refractivity contribution >= 4 is 76.4 Å². The number of nitrogens with one attached hydrogen (secondary N) is 2. The minimum absolute atomic E-state index is 0.0575. The fourth-order valence-corrected chi connectivity index (χ4v) is 13.1. The number of nitrogens with two attached hydrogens (primary N) is 2. The van der Waals surface area contributed by atoms with Crippen LogP contribution in [0.5, 0.6) is 23.0 Å². The van der Waals surface area contributed by atoms with Crippen LogP contribution in [-0.4, -0.2) is 106 Å². The summed E-state index contributed by atoms with van der Waals surface area (Å²) in [5.41, 5.74) is 16.6. The molecule has 2 heterocycles. The van der Waals surface area contributed by atoms with E-state index in [9.17, 15) is 28.8 Å². The van der Waals surface area contributed by atoms with Gasteiger partial charge in [0.05, 0.1) is 44.5 Å². The van der Waals surface area contributed by atoms with Crippen molar-refractivity contribution in [3.8, 4) is 23.0 Å². The molecule has 0 radical (unpaired) electrons. The summed E-state index contributed by atoms with van der Waals surface area (Å²) in [5.74, 6) is 0.667. The first-order valence-corrected chi connectivity index (χ1v) is 30.6. The maximum atomic E-state index is 14.6. The van der Waals surface area contributed by atoms with Crippen molar-refractivity contribution in [2.24, 2.45) is 17.4 Å². The van der Waals surface area contributed by atoms with Crippen LogP contribution in [0, 0.1) is 5.92 Å². The lowest BCUT2D eigenvalue weighted by Crippen LogP contribution is -2.35. The number of amides is 6. The van der Waals surface area contributed by atoms with E-state index in [0.717, 1.165) is 28.7 Å². The van der Waals surface area contributed by atoms with Crippen molar-refractivity contribution in [3.05, 3.63) is 172 Å². The topological polar surface area (TPSA) is 240 Å². The lowest BCUT2D eigenvalue weighted by Gasteiger charge is -2.32. The van der Waals surface area contributed by atoms with Gasteiger partial charge in [0.2, 0.25) is 35.4 Å². The summed E-state index contributed by atoms with van der Waals surface area (Å²) in [6.07, 6.45) is 10.3. The number of methoxy groups -OCH3 is 3. The zero-order valence-corrected chi connectivity index (χ0v) is 51.3. The zero-order valence-electron chi connectivity index (χ0n) is 49.6. The fourth-order valence-electron chi connectivity index (χ4n) is 10.2. The summed E-state index contributed by atoms with van der Waals surface area (Å²) in [7, 11) is 4.84. The highest BCUT2D eigenvalue weighted by Crippen LogP contribution is 2.49. The molecule has 6 amide bonds. The standard InChI is InChI=1S/C66H76N6O12S2/c1-8-31-83-51-20-16-46(17-21-51)65-72(63(78)56(86-65)39-59(74)69-29-26-42-15-24-53(79-5)54(34-42)82-9-2)50-33-44(32-48(37-50)61(68)76)14-13-41(3)40-84-52-22-18-45(19-23-52)64-71(49-12-10-11-47(36-49)60(67)75)62(77)55(85-64)38-58(73)70-30-27-43-25-28-66(4,81-7)57(35-43)80-6/h10-25,32-37,41,55-56,64-65H,8-9,26-31,38-40H2,1-7H3,(H2,67,75)(H2,68,76)(H,69,74)(H,70,73)/b14-13+/t41?,55?,56?,64?,65-,66?/m0/s1. The third-order valence-corrected chi connectivity index (χ3v) is 17.8. The third kappa shape index (κ3) is 16.0. The van der Waals surface area contributed by atoms with Gasteiger partial charge in [-0.25, -0.2) is 0 Å². The monoisotopic (exact) mass is 1210 g/mol. The normalized spacial score (nSPS) is 19.6. The number of thioether (sulfide) groups is 2. The maximum absolute atomic E-state index is 14.6. The lowest BCUT2D eigenvalue weighted by atomic mass is 9.90. The molecule has 20 heteroatoms. The molecule has 454 valence electrons.